The van der Waals surface area contributed by atoms with E-state index in [1.54, 1.807) is 0 Å². The Balaban J connectivity index is 1.70. The topological polar surface area (TPSA) is 44.0 Å². The molecule has 1 fully saturated rings. The summed E-state index contributed by atoms with van der Waals surface area (Å²) < 4.78 is 0. The number of aromatic nitrogens is 2. The molecule has 4 heteroatoms. The van der Waals surface area contributed by atoms with Crippen LogP contribution in [-0.2, 0) is 19.4 Å². The highest BCUT2D eigenvalue weighted by Crippen LogP contribution is 2.23. The van der Waals surface area contributed by atoms with E-state index >= 15 is 0 Å². The fourth-order valence-corrected chi connectivity index (χ4v) is 2.60. The average Bonchev–Trinajstić information content (AvgIpc) is 2.85. The first-order chi connectivity index (χ1) is 7.43. The van der Waals surface area contributed by atoms with Crippen LogP contribution in [-0.4, -0.2) is 41.3 Å². The molecule has 82 valence electrons. The molecule has 0 spiro atoms. The number of rotatable bonds is 2. The number of aryl methyl sites for hydroxylation is 1. The van der Waals surface area contributed by atoms with Crippen molar-refractivity contribution in [3.63, 3.8) is 0 Å². The van der Waals surface area contributed by atoms with Gasteiger partial charge >= 0.3 is 0 Å². The second-order valence-electron chi connectivity index (χ2n) is 4.51. The molecule has 1 saturated heterocycles. The SMILES string of the molecule is C1Cc2[nH]nc(CN3CCNCC3)c2C1. The van der Waals surface area contributed by atoms with Gasteiger partial charge in [-0.3, -0.25) is 10.00 Å². The third-order valence-electron chi connectivity index (χ3n) is 3.47. The molecular formula is C11H18N4. The summed E-state index contributed by atoms with van der Waals surface area (Å²) in [5.41, 5.74) is 4.19. The number of piperazine rings is 1. The van der Waals surface area contributed by atoms with Crippen molar-refractivity contribution in [2.75, 3.05) is 26.2 Å². The minimum atomic E-state index is 1.04. The monoisotopic (exact) mass is 206 g/mol. The van der Waals surface area contributed by atoms with Crippen molar-refractivity contribution in [2.45, 2.75) is 25.8 Å². The van der Waals surface area contributed by atoms with Gasteiger partial charge in [-0.25, -0.2) is 0 Å². The van der Waals surface area contributed by atoms with Gasteiger partial charge in [-0.15, -0.1) is 0 Å². The quantitative estimate of drug-likeness (QED) is 0.731. The van der Waals surface area contributed by atoms with Gasteiger partial charge in [-0.2, -0.15) is 5.10 Å². The highest BCUT2D eigenvalue weighted by atomic mass is 15.2. The van der Waals surface area contributed by atoms with Crippen LogP contribution in [0.5, 0.6) is 0 Å². The number of nitrogens with one attached hydrogen (secondary N) is 2. The molecule has 0 aromatic carbocycles. The van der Waals surface area contributed by atoms with Crippen LogP contribution in [0, 0.1) is 0 Å². The molecule has 0 atom stereocenters. The minimum Gasteiger partial charge on any atom is -0.314 e. The Bertz CT molecular complexity index is 338. The van der Waals surface area contributed by atoms with Gasteiger partial charge in [0.15, 0.2) is 0 Å². The van der Waals surface area contributed by atoms with Gasteiger partial charge in [0.1, 0.15) is 0 Å². The lowest BCUT2D eigenvalue weighted by molar-refractivity contribution is 0.230. The van der Waals surface area contributed by atoms with Crippen molar-refractivity contribution in [3.05, 3.63) is 17.0 Å². The van der Waals surface area contributed by atoms with Crippen LogP contribution in [0.25, 0.3) is 0 Å². The molecular weight excluding hydrogens is 188 g/mol. The summed E-state index contributed by atoms with van der Waals surface area (Å²) in [6, 6.07) is 0. The molecule has 0 amide bonds. The van der Waals surface area contributed by atoms with E-state index in [1.165, 1.54) is 36.2 Å². The Hall–Kier alpha value is -0.870. The van der Waals surface area contributed by atoms with E-state index in [0.717, 1.165) is 32.7 Å². The Morgan fingerprint density at radius 1 is 1.20 bits per heavy atom. The summed E-state index contributed by atoms with van der Waals surface area (Å²) in [4.78, 5) is 2.49. The van der Waals surface area contributed by atoms with Crippen LogP contribution in [0.1, 0.15) is 23.4 Å². The molecule has 3 rings (SSSR count). The summed E-state index contributed by atoms with van der Waals surface area (Å²) in [5.74, 6) is 0. The third-order valence-corrected chi connectivity index (χ3v) is 3.47. The Morgan fingerprint density at radius 2 is 2.07 bits per heavy atom. The Labute approximate surface area is 90.0 Å². The zero-order valence-corrected chi connectivity index (χ0v) is 9.05. The van der Waals surface area contributed by atoms with Crippen LogP contribution in [0.15, 0.2) is 0 Å². The van der Waals surface area contributed by atoms with Gasteiger partial charge < -0.3 is 5.32 Å². The van der Waals surface area contributed by atoms with Gasteiger partial charge in [-0.05, 0) is 24.8 Å². The smallest absolute Gasteiger partial charge is 0.0797 e. The first-order valence-corrected chi connectivity index (χ1v) is 5.91. The van der Waals surface area contributed by atoms with E-state index in [1.807, 2.05) is 0 Å². The van der Waals surface area contributed by atoms with Crippen LogP contribution >= 0.6 is 0 Å². The summed E-state index contributed by atoms with van der Waals surface area (Å²) in [5, 5.41) is 11.0. The molecule has 2 aliphatic rings. The molecule has 0 saturated carbocycles. The van der Waals surface area contributed by atoms with E-state index in [4.69, 9.17) is 0 Å². The van der Waals surface area contributed by atoms with Crippen molar-refractivity contribution >= 4 is 0 Å². The molecule has 0 bridgehead atoms. The highest BCUT2D eigenvalue weighted by Gasteiger charge is 2.20. The third kappa shape index (κ3) is 1.79. The van der Waals surface area contributed by atoms with E-state index in [2.05, 4.69) is 20.4 Å². The average molecular weight is 206 g/mol. The molecule has 0 radical (unpaired) electrons. The number of H-pyrrole nitrogens is 1. The van der Waals surface area contributed by atoms with Crippen molar-refractivity contribution in [2.24, 2.45) is 0 Å². The molecule has 15 heavy (non-hydrogen) atoms. The normalized spacial score (nSPS) is 21.9. The highest BCUT2D eigenvalue weighted by molar-refractivity contribution is 5.29. The standard InChI is InChI=1S/C11H18N4/c1-2-9-10(3-1)13-14-11(9)8-15-6-4-12-5-7-15/h12H,1-8H2,(H,13,14). The van der Waals surface area contributed by atoms with E-state index in [9.17, 15) is 0 Å². The maximum absolute atomic E-state index is 4.44. The summed E-state index contributed by atoms with van der Waals surface area (Å²) >= 11 is 0. The maximum Gasteiger partial charge on any atom is 0.0797 e. The van der Waals surface area contributed by atoms with E-state index in [0.29, 0.717) is 0 Å². The largest absolute Gasteiger partial charge is 0.314 e. The molecule has 4 nitrogen and oxygen atoms in total. The minimum absolute atomic E-state index is 1.04. The summed E-state index contributed by atoms with van der Waals surface area (Å²) in [6.07, 6.45) is 3.73. The zero-order valence-electron chi connectivity index (χ0n) is 9.05. The number of hydrogen-bond donors (Lipinski definition) is 2. The number of aromatic amines is 1. The first-order valence-electron chi connectivity index (χ1n) is 5.91. The molecule has 0 unspecified atom stereocenters. The second-order valence-corrected chi connectivity index (χ2v) is 4.51. The van der Waals surface area contributed by atoms with Crippen molar-refractivity contribution < 1.29 is 0 Å². The van der Waals surface area contributed by atoms with Crippen molar-refractivity contribution in [1.29, 1.82) is 0 Å². The van der Waals surface area contributed by atoms with Crippen LogP contribution < -0.4 is 5.32 Å². The van der Waals surface area contributed by atoms with Gasteiger partial charge in [-0.1, -0.05) is 0 Å². The van der Waals surface area contributed by atoms with Gasteiger partial charge in [0.05, 0.1) is 5.69 Å². The molecule has 1 aliphatic carbocycles. The van der Waals surface area contributed by atoms with E-state index < -0.39 is 0 Å². The molecule has 1 aliphatic heterocycles. The summed E-state index contributed by atoms with van der Waals surface area (Å²) in [6.45, 7) is 5.58. The van der Waals surface area contributed by atoms with E-state index in [-0.39, 0.29) is 0 Å². The Kier molecular flexibility index (Phi) is 2.46. The van der Waals surface area contributed by atoms with Crippen LogP contribution in [0.4, 0.5) is 0 Å². The molecule has 2 N–H and O–H groups in total. The first kappa shape index (κ1) is 9.36. The predicted molar refractivity (Wildman–Crippen MR) is 58.8 cm³/mol. The fraction of sp³-hybridized carbons (Fsp3) is 0.727. The molecule has 2 heterocycles. The summed E-state index contributed by atoms with van der Waals surface area (Å²) in [7, 11) is 0. The maximum atomic E-state index is 4.44. The van der Waals surface area contributed by atoms with Crippen LogP contribution in [0.2, 0.25) is 0 Å². The van der Waals surface area contributed by atoms with Gasteiger partial charge in [0.2, 0.25) is 0 Å². The molecule has 1 aromatic heterocycles. The fourth-order valence-electron chi connectivity index (χ4n) is 2.60. The molecule has 1 aromatic rings. The lowest BCUT2D eigenvalue weighted by Crippen LogP contribution is -2.43. The lowest BCUT2D eigenvalue weighted by Gasteiger charge is -2.26. The van der Waals surface area contributed by atoms with Crippen LogP contribution in [0.3, 0.4) is 0 Å². The van der Waals surface area contributed by atoms with Crippen molar-refractivity contribution in [3.8, 4) is 0 Å². The van der Waals surface area contributed by atoms with Gasteiger partial charge in [0, 0.05) is 38.4 Å². The number of hydrogen-bond acceptors (Lipinski definition) is 3. The number of fused-ring (bicyclic) bond motifs is 1. The second kappa shape index (κ2) is 3.94. The Morgan fingerprint density at radius 3 is 2.93 bits per heavy atom. The lowest BCUT2D eigenvalue weighted by atomic mass is 10.2. The van der Waals surface area contributed by atoms with Crippen molar-refractivity contribution in [1.82, 2.24) is 20.4 Å². The predicted octanol–water partition coefficient (Wildman–Crippen LogP) is 0.304. The number of nitrogens with zero attached hydrogens (tertiary/aromatic N) is 2. The van der Waals surface area contributed by atoms with Gasteiger partial charge in [0.25, 0.3) is 0 Å². The zero-order chi connectivity index (χ0) is 10.1.